The summed E-state index contributed by atoms with van der Waals surface area (Å²) < 4.78 is 18.4. The number of aliphatic imine (C=N–C) groups is 1. The standard InChI is InChI=1S/C23H27FN6O.HI/c1-2-21-27-22(31-28-21)18-5-3-17(4-6-18)11-12-26-23(25)30-15-13-29(14-16-30)20-9-7-19(24)8-10-20;/h3-10H,2,11-16H2,1H3,(H2,25,26);1H. The molecule has 2 N–H and O–H groups in total. The van der Waals surface area contributed by atoms with Gasteiger partial charge in [-0.2, -0.15) is 4.98 Å². The number of guanidine groups is 1. The molecular weight excluding hydrogens is 522 g/mol. The van der Waals surface area contributed by atoms with E-state index in [4.69, 9.17) is 10.3 Å². The van der Waals surface area contributed by atoms with E-state index in [-0.39, 0.29) is 29.8 Å². The average Bonchev–Trinajstić information content (AvgIpc) is 3.29. The van der Waals surface area contributed by atoms with E-state index in [0.717, 1.165) is 50.3 Å². The minimum atomic E-state index is -0.214. The summed E-state index contributed by atoms with van der Waals surface area (Å²) in [6.07, 6.45) is 1.56. The smallest absolute Gasteiger partial charge is 0.257 e. The van der Waals surface area contributed by atoms with Crippen LogP contribution in [0, 0.1) is 5.82 Å². The molecule has 0 radical (unpaired) electrons. The monoisotopic (exact) mass is 550 g/mol. The minimum Gasteiger partial charge on any atom is -0.370 e. The first-order valence-corrected chi connectivity index (χ1v) is 10.6. The lowest BCUT2D eigenvalue weighted by molar-refractivity contribution is 0.381. The highest BCUT2D eigenvalue weighted by atomic mass is 127. The van der Waals surface area contributed by atoms with Crippen molar-refractivity contribution in [3.05, 3.63) is 65.7 Å². The average molecular weight is 550 g/mol. The molecule has 2 aromatic carbocycles. The fourth-order valence-corrected chi connectivity index (χ4v) is 3.57. The summed E-state index contributed by atoms with van der Waals surface area (Å²) in [5.41, 5.74) is 9.34. The van der Waals surface area contributed by atoms with E-state index < -0.39 is 0 Å². The van der Waals surface area contributed by atoms with Gasteiger partial charge in [-0.05, 0) is 48.4 Å². The maximum atomic E-state index is 13.1. The predicted molar refractivity (Wildman–Crippen MR) is 135 cm³/mol. The van der Waals surface area contributed by atoms with Gasteiger partial charge in [-0.1, -0.05) is 24.2 Å². The summed E-state index contributed by atoms with van der Waals surface area (Å²) in [6, 6.07) is 14.7. The first-order chi connectivity index (χ1) is 15.1. The van der Waals surface area contributed by atoms with Gasteiger partial charge in [-0.25, -0.2) is 4.39 Å². The summed E-state index contributed by atoms with van der Waals surface area (Å²) >= 11 is 0. The molecule has 4 rings (SSSR count). The van der Waals surface area contributed by atoms with E-state index >= 15 is 0 Å². The number of benzene rings is 2. The maximum absolute atomic E-state index is 13.1. The van der Waals surface area contributed by atoms with Crippen LogP contribution in [0.5, 0.6) is 0 Å². The number of piperazine rings is 1. The Kier molecular flexibility index (Phi) is 8.43. The van der Waals surface area contributed by atoms with Gasteiger partial charge in [0.1, 0.15) is 5.82 Å². The fraction of sp³-hybridized carbons (Fsp3) is 0.348. The molecule has 32 heavy (non-hydrogen) atoms. The molecule has 3 aromatic rings. The van der Waals surface area contributed by atoms with Crippen molar-refractivity contribution in [3.8, 4) is 11.5 Å². The number of hydrogen-bond donors (Lipinski definition) is 1. The van der Waals surface area contributed by atoms with Gasteiger partial charge in [-0.15, -0.1) is 24.0 Å². The fourth-order valence-electron chi connectivity index (χ4n) is 3.57. The third kappa shape index (κ3) is 5.96. The van der Waals surface area contributed by atoms with Crippen molar-refractivity contribution in [1.29, 1.82) is 0 Å². The summed E-state index contributed by atoms with van der Waals surface area (Å²) in [6.45, 7) is 5.88. The van der Waals surface area contributed by atoms with Crippen LogP contribution in [0.15, 0.2) is 58.0 Å². The van der Waals surface area contributed by atoms with Crippen LogP contribution in [-0.2, 0) is 12.8 Å². The van der Waals surface area contributed by atoms with Gasteiger partial charge >= 0.3 is 0 Å². The first kappa shape index (κ1) is 24.0. The number of halogens is 2. The molecule has 170 valence electrons. The molecular formula is C23H28FIN6O. The normalized spacial score (nSPS) is 14.4. The largest absolute Gasteiger partial charge is 0.370 e. The first-order valence-electron chi connectivity index (χ1n) is 10.6. The SMILES string of the molecule is CCc1noc(-c2ccc(CCN=C(N)N3CCN(c4ccc(F)cc4)CC3)cc2)n1.I. The van der Waals surface area contributed by atoms with Crippen molar-refractivity contribution in [1.82, 2.24) is 15.0 Å². The highest BCUT2D eigenvalue weighted by molar-refractivity contribution is 14.0. The summed E-state index contributed by atoms with van der Waals surface area (Å²) in [4.78, 5) is 13.2. The molecule has 1 fully saturated rings. The van der Waals surface area contributed by atoms with Crippen molar-refractivity contribution in [3.63, 3.8) is 0 Å². The molecule has 2 heterocycles. The van der Waals surface area contributed by atoms with E-state index in [2.05, 4.69) is 37.1 Å². The van der Waals surface area contributed by atoms with Gasteiger partial charge in [0.2, 0.25) is 0 Å². The number of anilines is 1. The lowest BCUT2D eigenvalue weighted by Gasteiger charge is -2.36. The van der Waals surface area contributed by atoms with Crippen molar-refractivity contribution < 1.29 is 8.91 Å². The Balaban J connectivity index is 0.00000289. The van der Waals surface area contributed by atoms with Crippen molar-refractivity contribution in [2.75, 3.05) is 37.6 Å². The van der Waals surface area contributed by atoms with Crippen LogP contribution >= 0.6 is 24.0 Å². The predicted octanol–water partition coefficient (Wildman–Crippen LogP) is 3.74. The van der Waals surface area contributed by atoms with E-state index in [0.29, 0.717) is 24.2 Å². The van der Waals surface area contributed by atoms with Gasteiger partial charge in [0, 0.05) is 50.4 Å². The van der Waals surface area contributed by atoms with E-state index in [1.165, 1.54) is 17.7 Å². The van der Waals surface area contributed by atoms with Crippen LogP contribution in [0.2, 0.25) is 0 Å². The Morgan fingerprint density at radius 1 is 1.06 bits per heavy atom. The Morgan fingerprint density at radius 2 is 1.75 bits per heavy atom. The second-order valence-corrected chi connectivity index (χ2v) is 7.51. The zero-order valence-electron chi connectivity index (χ0n) is 18.1. The number of nitrogens with two attached hydrogens (primary N) is 1. The third-order valence-corrected chi connectivity index (χ3v) is 5.45. The summed E-state index contributed by atoms with van der Waals surface area (Å²) in [5.74, 6) is 1.62. The van der Waals surface area contributed by atoms with Gasteiger partial charge in [0.15, 0.2) is 11.8 Å². The Labute approximate surface area is 204 Å². The van der Waals surface area contributed by atoms with Crippen LogP contribution in [0.1, 0.15) is 18.3 Å². The molecule has 0 unspecified atom stereocenters. The molecule has 0 saturated carbocycles. The molecule has 1 saturated heterocycles. The molecule has 7 nitrogen and oxygen atoms in total. The number of aryl methyl sites for hydroxylation is 1. The van der Waals surface area contributed by atoms with E-state index in [1.54, 1.807) is 0 Å². The number of nitrogens with zero attached hydrogens (tertiary/aromatic N) is 5. The Bertz CT molecular complexity index is 1010. The number of rotatable bonds is 6. The van der Waals surface area contributed by atoms with Gasteiger partial charge in [0.05, 0.1) is 0 Å². The zero-order valence-corrected chi connectivity index (χ0v) is 20.4. The zero-order chi connectivity index (χ0) is 21.6. The lowest BCUT2D eigenvalue weighted by atomic mass is 10.1. The summed E-state index contributed by atoms with van der Waals surface area (Å²) in [5, 5.41) is 3.93. The third-order valence-electron chi connectivity index (χ3n) is 5.45. The highest BCUT2D eigenvalue weighted by Gasteiger charge is 2.18. The van der Waals surface area contributed by atoms with Crippen molar-refractivity contribution in [2.24, 2.45) is 10.7 Å². The van der Waals surface area contributed by atoms with Crippen LogP contribution in [-0.4, -0.2) is 53.7 Å². The van der Waals surface area contributed by atoms with Gasteiger partial charge < -0.3 is 20.1 Å². The van der Waals surface area contributed by atoms with E-state index in [1.807, 2.05) is 31.2 Å². The molecule has 0 atom stereocenters. The topological polar surface area (TPSA) is 83.8 Å². The van der Waals surface area contributed by atoms with Crippen LogP contribution < -0.4 is 10.6 Å². The minimum absolute atomic E-state index is 0. The van der Waals surface area contributed by atoms with Crippen LogP contribution in [0.25, 0.3) is 11.5 Å². The second-order valence-electron chi connectivity index (χ2n) is 7.51. The number of aromatic nitrogens is 2. The van der Waals surface area contributed by atoms with Crippen LogP contribution in [0.3, 0.4) is 0 Å². The Morgan fingerprint density at radius 3 is 2.38 bits per heavy atom. The maximum Gasteiger partial charge on any atom is 0.257 e. The molecule has 1 aliphatic heterocycles. The lowest BCUT2D eigenvalue weighted by Crippen LogP contribution is -2.51. The quantitative estimate of drug-likeness (QED) is 0.286. The van der Waals surface area contributed by atoms with E-state index in [9.17, 15) is 4.39 Å². The van der Waals surface area contributed by atoms with Crippen molar-refractivity contribution in [2.45, 2.75) is 19.8 Å². The second kappa shape index (κ2) is 11.3. The molecule has 0 spiro atoms. The van der Waals surface area contributed by atoms with Crippen LogP contribution in [0.4, 0.5) is 10.1 Å². The molecule has 0 amide bonds. The molecule has 0 aliphatic carbocycles. The molecule has 0 bridgehead atoms. The number of hydrogen-bond acceptors (Lipinski definition) is 5. The highest BCUT2D eigenvalue weighted by Crippen LogP contribution is 2.19. The Hall–Kier alpha value is -2.69. The molecule has 9 heteroatoms. The van der Waals surface area contributed by atoms with Gasteiger partial charge in [0.25, 0.3) is 5.89 Å². The summed E-state index contributed by atoms with van der Waals surface area (Å²) in [7, 11) is 0. The molecule has 1 aromatic heterocycles. The van der Waals surface area contributed by atoms with Gasteiger partial charge in [-0.3, -0.25) is 4.99 Å². The molecule has 1 aliphatic rings. The van der Waals surface area contributed by atoms with Crippen molar-refractivity contribution >= 4 is 35.6 Å².